The summed E-state index contributed by atoms with van der Waals surface area (Å²) in [5.74, 6) is 0.414. The van der Waals surface area contributed by atoms with E-state index in [0.29, 0.717) is 4.48 Å². The second kappa shape index (κ2) is 2.96. The van der Waals surface area contributed by atoms with Crippen LogP contribution in [-0.2, 0) is 4.79 Å². The average Bonchev–Trinajstić information content (AvgIpc) is 2.32. The quantitative estimate of drug-likeness (QED) is 0.670. The SMILES string of the molecule is O=C1C(Br)=CC2C(Br)=CC=CC12. The number of hydrogen-bond donors (Lipinski definition) is 0. The molecule has 0 spiro atoms. The lowest BCUT2D eigenvalue weighted by molar-refractivity contribution is -0.116. The van der Waals surface area contributed by atoms with Crippen molar-refractivity contribution < 1.29 is 4.79 Å². The maximum absolute atomic E-state index is 11.5. The number of fused-ring (bicyclic) bond motifs is 1. The van der Waals surface area contributed by atoms with Crippen LogP contribution < -0.4 is 0 Å². The normalized spacial score (nSPS) is 33.0. The highest BCUT2D eigenvalue weighted by molar-refractivity contribution is 9.12. The Morgan fingerprint density at radius 2 is 2.00 bits per heavy atom. The third-order valence-corrected chi connectivity index (χ3v) is 3.59. The minimum Gasteiger partial charge on any atom is -0.293 e. The van der Waals surface area contributed by atoms with Gasteiger partial charge in [0, 0.05) is 10.4 Å². The van der Waals surface area contributed by atoms with E-state index in [-0.39, 0.29) is 17.6 Å². The first kappa shape index (κ1) is 8.45. The highest BCUT2D eigenvalue weighted by Crippen LogP contribution is 2.40. The Morgan fingerprint density at radius 1 is 1.25 bits per heavy atom. The third kappa shape index (κ3) is 1.15. The molecule has 2 aliphatic carbocycles. The van der Waals surface area contributed by atoms with Gasteiger partial charge in [0.15, 0.2) is 5.78 Å². The van der Waals surface area contributed by atoms with Crippen LogP contribution >= 0.6 is 31.9 Å². The van der Waals surface area contributed by atoms with Crippen molar-refractivity contribution in [3.63, 3.8) is 0 Å². The van der Waals surface area contributed by atoms with Crippen LogP contribution in [0.4, 0.5) is 0 Å². The van der Waals surface area contributed by atoms with Crippen molar-refractivity contribution in [2.75, 3.05) is 0 Å². The van der Waals surface area contributed by atoms with E-state index in [4.69, 9.17) is 0 Å². The van der Waals surface area contributed by atoms with Gasteiger partial charge in [-0.25, -0.2) is 0 Å². The maximum Gasteiger partial charge on any atom is 0.177 e. The van der Waals surface area contributed by atoms with Gasteiger partial charge in [0.05, 0.1) is 10.4 Å². The van der Waals surface area contributed by atoms with E-state index < -0.39 is 0 Å². The summed E-state index contributed by atoms with van der Waals surface area (Å²) >= 11 is 6.69. The van der Waals surface area contributed by atoms with Gasteiger partial charge < -0.3 is 0 Å². The summed E-state index contributed by atoms with van der Waals surface area (Å²) in [6.07, 6.45) is 7.80. The Morgan fingerprint density at radius 3 is 2.67 bits per heavy atom. The number of carbonyl (C=O) groups excluding carboxylic acids is 1. The van der Waals surface area contributed by atoms with E-state index >= 15 is 0 Å². The minimum absolute atomic E-state index is 0.0127. The number of hydrogen-bond acceptors (Lipinski definition) is 1. The van der Waals surface area contributed by atoms with Gasteiger partial charge in [-0.05, 0) is 15.9 Å². The Labute approximate surface area is 87.5 Å². The predicted molar refractivity (Wildman–Crippen MR) is 55.1 cm³/mol. The zero-order valence-electron chi connectivity index (χ0n) is 6.13. The van der Waals surface area contributed by atoms with Crippen molar-refractivity contribution in [2.24, 2.45) is 11.8 Å². The topological polar surface area (TPSA) is 17.1 Å². The van der Waals surface area contributed by atoms with Crippen LogP contribution in [0.3, 0.4) is 0 Å². The standard InChI is InChI=1S/C9H6Br2O/c10-7-3-1-2-5-6(7)4-8(11)9(5)12/h1-6H. The second-order valence-electron chi connectivity index (χ2n) is 2.87. The fourth-order valence-corrected chi connectivity index (χ4v) is 2.62. The molecule has 0 N–H and O–H groups in total. The summed E-state index contributed by atoms with van der Waals surface area (Å²) in [6, 6.07) is 0. The van der Waals surface area contributed by atoms with Crippen LogP contribution in [0.25, 0.3) is 0 Å². The number of rotatable bonds is 0. The molecule has 0 aromatic heterocycles. The van der Waals surface area contributed by atoms with Gasteiger partial charge in [-0.15, -0.1) is 0 Å². The van der Waals surface area contributed by atoms with Gasteiger partial charge in [0.25, 0.3) is 0 Å². The van der Waals surface area contributed by atoms with Crippen LogP contribution in [0.2, 0.25) is 0 Å². The smallest absolute Gasteiger partial charge is 0.177 e. The number of Topliss-reactive ketones (excluding diaryl/α,β-unsaturated/α-hetero) is 1. The summed E-state index contributed by atoms with van der Waals surface area (Å²) in [7, 11) is 0. The molecule has 0 saturated heterocycles. The van der Waals surface area contributed by atoms with Gasteiger partial charge >= 0.3 is 0 Å². The molecule has 12 heavy (non-hydrogen) atoms. The van der Waals surface area contributed by atoms with Crippen molar-refractivity contribution in [1.29, 1.82) is 0 Å². The molecule has 0 heterocycles. The molecule has 1 nitrogen and oxygen atoms in total. The maximum atomic E-state index is 11.5. The second-order valence-corrected chi connectivity index (χ2v) is 4.64. The average molecular weight is 290 g/mol. The molecule has 2 rings (SSSR count). The lowest BCUT2D eigenvalue weighted by Crippen LogP contribution is -2.15. The Kier molecular flexibility index (Phi) is 2.09. The highest BCUT2D eigenvalue weighted by Gasteiger charge is 2.35. The van der Waals surface area contributed by atoms with Crippen LogP contribution in [0.1, 0.15) is 0 Å². The molecular weight excluding hydrogens is 284 g/mol. The van der Waals surface area contributed by atoms with Crippen LogP contribution in [0.15, 0.2) is 33.3 Å². The predicted octanol–water partition coefficient (Wildman–Crippen LogP) is 2.93. The highest BCUT2D eigenvalue weighted by atomic mass is 79.9. The van der Waals surface area contributed by atoms with Crippen molar-refractivity contribution >= 4 is 37.6 Å². The largest absolute Gasteiger partial charge is 0.293 e. The van der Waals surface area contributed by atoms with Crippen molar-refractivity contribution in [2.45, 2.75) is 0 Å². The van der Waals surface area contributed by atoms with Crippen molar-refractivity contribution in [3.8, 4) is 0 Å². The first-order valence-corrected chi connectivity index (χ1v) is 5.24. The minimum atomic E-state index is 0.0127. The molecule has 0 saturated carbocycles. The van der Waals surface area contributed by atoms with Gasteiger partial charge in [-0.2, -0.15) is 0 Å². The zero-order valence-corrected chi connectivity index (χ0v) is 9.30. The van der Waals surface area contributed by atoms with E-state index in [2.05, 4.69) is 31.9 Å². The molecule has 2 atom stereocenters. The zero-order chi connectivity index (χ0) is 8.72. The molecule has 0 amide bonds. The summed E-state index contributed by atoms with van der Waals surface area (Å²) in [5, 5.41) is 0. The van der Waals surface area contributed by atoms with E-state index in [1.807, 2.05) is 24.3 Å². The number of halogens is 2. The Bertz CT molecular complexity index is 325. The molecule has 0 radical (unpaired) electrons. The van der Waals surface area contributed by atoms with E-state index in [0.717, 1.165) is 4.48 Å². The third-order valence-electron chi connectivity index (χ3n) is 2.14. The van der Waals surface area contributed by atoms with E-state index in [9.17, 15) is 4.79 Å². The summed E-state index contributed by atoms with van der Waals surface area (Å²) in [6.45, 7) is 0. The molecule has 2 aliphatic rings. The monoisotopic (exact) mass is 288 g/mol. The molecule has 62 valence electrons. The number of carbonyl (C=O) groups is 1. The van der Waals surface area contributed by atoms with E-state index in [1.54, 1.807) is 0 Å². The van der Waals surface area contributed by atoms with Gasteiger partial charge in [-0.1, -0.05) is 40.2 Å². The van der Waals surface area contributed by atoms with Crippen LogP contribution in [0.5, 0.6) is 0 Å². The summed E-state index contributed by atoms with van der Waals surface area (Å²) in [5.41, 5.74) is 0. The Balaban J connectivity index is 2.41. The molecule has 0 aromatic carbocycles. The molecule has 0 bridgehead atoms. The van der Waals surface area contributed by atoms with E-state index in [1.165, 1.54) is 0 Å². The first-order chi connectivity index (χ1) is 5.70. The van der Waals surface area contributed by atoms with Gasteiger partial charge in [0.1, 0.15) is 0 Å². The van der Waals surface area contributed by atoms with Crippen LogP contribution in [0, 0.1) is 11.8 Å². The first-order valence-electron chi connectivity index (χ1n) is 3.65. The molecule has 3 heteroatoms. The molecule has 0 fully saturated rings. The fraction of sp³-hybridized carbons (Fsp3) is 0.222. The Hall–Kier alpha value is -0.150. The molecule has 2 unspecified atom stereocenters. The van der Waals surface area contributed by atoms with Crippen molar-refractivity contribution in [3.05, 3.63) is 33.3 Å². The lowest BCUT2D eigenvalue weighted by atomic mass is 9.91. The van der Waals surface area contributed by atoms with Gasteiger partial charge in [0.2, 0.25) is 0 Å². The summed E-state index contributed by atoms with van der Waals surface area (Å²) < 4.78 is 1.78. The number of allylic oxidation sites excluding steroid dienone is 6. The van der Waals surface area contributed by atoms with Crippen LogP contribution in [-0.4, -0.2) is 5.78 Å². The van der Waals surface area contributed by atoms with Crippen molar-refractivity contribution in [1.82, 2.24) is 0 Å². The molecule has 0 aliphatic heterocycles. The number of ketones is 1. The fourth-order valence-electron chi connectivity index (χ4n) is 1.50. The summed E-state index contributed by atoms with van der Waals surface area (Å²) in [4.78, 5) is 11.5. The molecular formula is C9H6Br2O. The molecule has 0 aromatic rings. The lowest BCUT2D eigenvalue weighted by Gasteiger charge is -2.16. The van der Waals surface area contributed by atoms with Gasteiger partial charge in [-0.3, -0.25) is 4.79 Å².